The van der Waals surface area contributed by atoms with Crippen molar-refractivity contribution in [1.82, 2.24) is 5.32 Å². The van der Waals surface area contributed by atoms with Gasteiger partial charge in [-0.2, -0.15) is 0 Å². The van der Waals surface area contributed by atoms with Crippen molar-refractivity contribution in [3.8, 4) is 0 Å². The van der Waals surface area contributed by atoms with Gasteiger partial charge in [0.05, 0.1) is 19.8 Å². The molecule has 0 atom stereocenters. The predicted octanol–water partition coefficient (Wildman–Crippen LogP) is 0.875. The highest BCUT2D eigenvalue weighted by molar-refractivity contribution is 4.96. The summed E-state index contributed by atoms with van der Waals surface area (Å²) in [5.74, 6) is 0. The zero-order valence-corrected chi connectivity index (χ0v) is 6.44. The van der Waals surface area contributed by atoms with E-state index in [1.807, 2.05) is 0 Å². The fraction of sp³-hybridized carbons (Fsp3) is 0.714. The van der Waals surface area contributed by atoms with E-state index in [0.29, 0.717) is 0 Å². The summed E-state index contributed by atoms with van der Waals surface area (Å²) in [7, 11) is 4.38. The van der Waals surface area contributed by atoms with Crippen LogP contribution in [0.3, 0.4) is 0 Å². The Kier molecular flexibility index (Phi) is 1.49. The molecule has 0 saturated carbocycles. The molecule has 0 radical (unpaired) electrons. The average molecular weight is 127 g/mol. The molecular weight excluding hydrogens is 112 g/mol. The monoisotopic (exact) mass is 127 g/mol. The van der Waals surface area contributed by atoms with Gasteiger partial charge in [-0.3, -0.25) is 4.48 Å². The van der Waals surface area contributed by atoms with Crippen molar-refractivity contribution in [1.29, 1.82) is 0 Å². The molecule has 0 saturated heterocycles. The van der Waals surface area contributed by atoms with Crippen LogP contribution in [0.5, 0.6) is 0 Å². The maximum absolute atomic E-state index is 3.33. The highest BCUT2D eigenvalue weighted by Gasteiger charge is 2.19. The first-order valence-electron chi connectivity index (χ1n) is 3.42. The van der Waals surface area contributed by atoms with Crippen LogP contribution < -0.4 is 5.32 Å². The number of allylic oxidation sites excluding steroid dienone is 1. The maximum Gasteiger partial charge on any atom is 0.155 e. The van der Waals surface area contributed by atoms with Crippen LogP contribution in [0.2, 0.25) is 0 Å². The maximum atomic E-state index is 3.33. The summed E-state index contributed by atoms with van der Waals surface area (Å²) in [6.07, 6.45) is 3.39. The van der Waals surface area contributed by atoms with Gasteiger partial charge in [0.1, 0.15) is 6.20 Å². The summed E-state index contributed by atoms with van der Waals surface area (Å²) in [5, 5.41) is 3.33. The van der Waals surface area contributed by atoms with Gasteiger partial charge in [0.15, 0.2) is 6.67 Å². The molecule has 1 rings (SSSR count). The molecular formula is C7H15N2+. The van der Waals surface area contributed by atoms with Crippen LogP contribution in [0.25, 0.3) is 0 Å². The molecule has 2 nitrogen and oxygen atoms in total. The van der Waals surface area contributed by atoms with Crippen LogP contribution in [0, 0.1) is 0 Å². The molecule has 2 heteroatoms. The second kappa shape index (κ2) is 2.03. The molecule has 52 valence electrons. The van der Waals surface area contributed by atoms with Crippen LogP contribution in [-0.4, -0.2) is 25.2 Å². The summed E-state index contributed by atoms with van der Waals surface area (Å²) >= 11 is 0. The molecule has 0 aromatic carbocycles. The van der Waals surface area contributed by atoms with Crippen LogP contribution >= 0.6 is 0 Å². The van der Waals surface area contributed by atoms with E-state index in [1.165, 1.54) is 5.70 Å². The lowest BCUT2D eigenvalue weighted by molar-refractivity contribution is -0.834. The van der Waals surface area contributed by atoms with Crippen molar-refractivity contribution in [3.63, 3.8) is 0 Å². The number of rotatable bonds is 1. The lowest BCUT2D eigenvalue weighted by Gasteiger charge is -2.17. The summed E-state index contributed by atoms with van der Waals surface area (Å²) in [6.45, 7) is 3.22. The zero-order chi connectivity index (χ0) is 6.91. The third-order valence-corrected chi connectivity index (χ3v) is 1.60. The van der Waals surface area contributed by atoms with E-state index in [-0.39, 0.29) is 0 Å². The van der Waals surface area contributed by atoms with Crippen LogP contribution in [0.4, 0.5) is 0 Å². The summed E-state index contributed by atoms with van der Waals surface area (Å²) in [5.41, 5.74) is 1.38. The molecule has 1 aliphatic heterocycles. The number of quaternary nitrogens is 1. The predicted molar refractivity (Wildman–Crippen MR) is 38.5 cm³/mol. The molecule has 0 unspecified atom stereocenters. The van der Waals surface area contributed by atoms with Crippen molar-refractivity contribution in [2.45, 2.75) is 13.3 Å². The largest absolute Gasteiger partial charge is 0.338 e. The normalized spacial score (nSPS) is 23.2. The number of nitrogens with zero attached hydrogens (tertiary/aromatic N) is 1. The summed E-state index contributed by atoms with van der Waals surface area (Å²) in [4.78, 5) is 0. The molecule has 0 aliphatic carbocycles. The highest BCUT2D eigenvalue weighted by atomic mass is 15.4. The summed E-state index contributed by atoms with van der Waals surface area (Å²) < 4.78 is 0.975. The minimum absolute atomic E-state index is 0.975. The lowest BCUT2D eigenvalue weighted by atomic mass is 10.4. The Hall–Kier alpha value is -0.500. The number of hydrogen-bond donors (Lipinski definition) is 1. The highest BCUT2D eigenvalue weighted by Crippen LogP contribution is 2.10. The van der Waals surface area contributed by atoms with E-state index in [0.717, 1.165) is 17.6 Å². The van der Waals surface area contributed by atoms with E-state index in [9.17, 15) is 0 Å². The standard InChI is InChI=1S/C7H15N2/c1-4-7-5-9(2,3)6-8-7/h5,8H,4,6H2,1-3H3/q+1. The molecule has 9 heavy (non-hydrogen) atoms. The Morgan fingerprint density at radius 3 is 2.56 bits per heavy atom. The van der Waals surface area contributed by atoms with Crippen molar-refractivity contribution >= 4 is 0 Å². The topological polar surface area (TPSA) is 12.0 Å². The van der Waals surface area contributed by atoms with Gasteiger partial charge in [-0.1, -0.05) is 6.92 Å². The molecule has 0 bridgehead atoms. The van der Waals surface area contributed by atoms with E-state index in [4.69, 9.17) is 0 Å². The van der Waals surface area contributed by atoms with Gasteiger partial charge in [0.25, 0.3) is 0 Å². The molecule has 1 N–H and O–H groups in total. The summed E-state index contributed by atoms with van der Waals surface area (Å²) in [6, 6.07) is 0. The van der Waals surface area contributed by atoms with Gasteiger partial charge in [0, 0.05) is 0 Å². The third-order valence-electron chi connectivity index (χ3n) is 1.60. The fourth-order valence-corrected chi connectivity index (χ4v) is 1.03. The van der Waals surface area contributed by atoms with E-state index < -0.39 is 0 Å². The minimum Gasteiger partial charge on any atom is -0.338 e. The second-order valence-electron chi connectivity index (χ2n) is 3.12. The number of hydrogen-bond acceptors (Lipinski definition) is 1. The Morgan fingerprint density at radius 1 is 1.67 bits per heavy atom. The van der Waals surface area contributed by atoms with Crippen LogP contribution in [-0.2, 0) is 0 Å². The molecule has 1 aliphatic rings. The first-order valence-corrected chi connectivity index (χ1v) is 3.42. The van der Waals surface area contributed by atoms with Gasteiger partial charge in [0.2, 0.25) is 0 Å². The molecule has 0 amide bonds. The Morgan fingerprint density at radius 2 is 2.33 bits per heavy atom. The van der Waals surface area contributed by atoms with Crippen molar-refractivity contribution in [2.75, 3.05) is 20.8 Å². The average Bonchev–Trinajstić information content (AvgIpc) is 2.10. The van der Waals surface area contributed by atoms with E-state index in [1.54, 1.807) is 0 Å². The van der Waals surface area contributed by atoms with Gasteiger partial charge in [-0.15, -0.1) is 0 Å². The number of nitrogens with one attached hydrogen (secondary N) is 1. The van der Waals surface area contributed by atoms with Gasteiger partial charge < -0.3 is 5.32 Å². The first kappa shape index (κ1) is 6.62. The Bertz CT molecular complexity index is 136. The van der Waals surface area contributed by atoms with Crippen LogP contribution in [0.1, 0.15) is 13.3 Å². The van der Waals surface area contributed by atoms with E-state index in [2.05, 4.69) is 32.5 Å². The van der Waals surface area contributed by atoms with Crippen molar-refractivity contribution in [2.24, 2.45) is 0 Å². The second-order valence-corrected chi connectivity index (χ2v) is 3.12. The van der Waals surface area contributed by atoms with Gasteiger partial charge in [-0.05, 0) is 6.42 Å². The van der Waals surface area contributed by atoms with Crippen molar-refractivity contribution < 1.29 is 4.48 Å². The lowest BCUT2D eigenvalue weighted by Crippen LogP contribution is -2.34. The molecule has 0 aromatic heterocycles. The molecule has 0 spiro atoms. The van der Waals surface area contributed by atoms with Gasteiger partial charge in [-0.25, -0.2) is 0 Å². The van der Waals surface area contributed by atoms with Crippen LogP contribution in [0.15, 0.2) is 11.9 Å². The zero-order valence-electron chi connectivity index (χ0n) is 6.44. The fourth-order valence-electron chi connectivity index (χ4n) is 1.03. The third kappa shape index (κ3) is 1.45. The molecule has 1 heterocycles. The SMILES string of the molecule is CCC1=C[N+](C)(C)CN1. The van der Waals surface area contributed by atoms with Crippen molar-refractivity contribution in [3.05, 3.63) is 11.9 Å². The molecule has 0 aromatic rings. The smallest absolute Gasteiger partial charge is 0.155 e. The first-order chi connectivity index (χ1) is 4.14. The minimum atomic E-state index is 0.975. The van der Waals surface area contributed by atoms with Gasteiger partial charge >= 0.3 is 0 Å². The molecule has 0 fully saturated rings. The van der Waals surface area contributed by atoms with E-state index >= 15 is 0 Å². The Labute approximate surface area is 56.8 Å². The Balaban J connectivity index is 2.61. The quantitative estimate of drug-likeness (QED) is 0.515.